The number of hydrogen-bond acceptors (Lipinski definition) is 2. The van der Waals surface area contributed by atoms with Crippen LogP contribution in [0.1, 0.15) is 58.8 Å². The van der Waals surface area contributed by atoms with Gasteiger partial charge in [-0.3, -0.25) is 0 Å². The topological polar surface area (TPSA) is 35.8 Å². The Hall–Kier alpha value is -0.550. The van der Waals surface area contributed by atoms with E-state index in [0.717, 1.165) is 24.8 Å². The van der Waals surface area contributed by atoms with Crippen LogP contribution in [-0.2, 0) is 0 Å². The summed E-state index contributed by atoms with van der Waals surface area (Å²) < 4.78 is 0. The highest BCUT2D eigenvalue weighted by atomic mass is 14.9. The summed E-state index contributed by atoms with van der Waals surface area (Å²) in [4.78, 5) is 0. The van der Waals surface area contributed by atoms with Crippen LogP contribution in [0, 0.1) is 23.2 Å². The van der Waals surface area contributed by atoms with Crippen molar-refractivity contribution in [1.29, 1.82) is 5.26 Å². The molecule has 0 radical (unpaired) electrons. The van der Waals surface area contributed by atoms with E-state index in [2.05, 4.69) is 25.2 Å². The first kappa shape index (κ1) is 13.5. The molecular formula is C14H26N2. The molecule has 0 amide bonds. The number of hydrogen-bond donors (Lipinski definition) is 1. The van der Waals surface area contributed by atoms with Gasteiger partial charge in [-0.1, -0.05) is 39.5 Å². The molecule has 1 saturated carbocycles. The van der Waals surface area contributed by atoms with Gasteiger partial charge in [-0.25, -0.2) is 0 Å². The first-order chi connectivity index (χ1) is 7.76. The Labute approximate surface area is 100 Å². The number of nitriles is 1. The van der Waals surface area contributed by atoms with Crippen LogP contribution in [0.4, 0.5) is 0 Å². The van der Waals surface area contributed by atoms with Gasteiger partial charge in [-0.05, 0) is 31.2 Å². The van der Waals surface area contributed by atoms with Crippen molar-refractivity contribution in [2.75, 3.05) is 6.54 Å². The van der Waals surface area contributed by atoms with Crippen molar-refractivity contribution in [3.05, 3.63) is 0 Å². The minimum Gasteiger partial charge on any atom is -0.313 e. The summed E-state index contributed by atoms with van der Waals surface area (Å²) in [7, 11) is 0. The van der Waals surface area contributed by atoms with E-state index >= 15 is 0 Å². The molecule has 0 aromatic heterocycles. The Bertz CT molecular complexity index is 211. The first-order valence-corrected chi connectivity index (χ1v) is 6.86. The van der Waals surface area contributed by atoms with Gasteiger partial charge in [-0.15, -0.1) is 0 Å². The summed E-state index contributed by atoms with van der Waals surface area (Å²) >= 11 is 0. The molecule has 0 aliphatic heterocycles. The molecule has 1 aliphatic carbocycles. The zero-order valence-corrected chi connectivity index (χ0v) is 10.8. The average Bonchev–Trinajstić information content (AvgIpc) is 2.30. The lowest BCUT2D eigenvalue weighted by Crippen LogP contribution is -2.30. The van der Waals surface area contributed by atoms with E-state index in [0.29, 0.717) is 12.5 Å². The molecule has 0 heterocycles. The summed E-state index contributed by atoms with van der Waals surface area (Å²) in [6, 6.07) is 2.66. The van der Waals surface area contributed by atoms with E-state index < -0.39 is 0 Å². The lowest BCUT2D eigenvalue weighted by atomic mass is 9.81. The van der Waals surface area contributed by atoms with Crippen LogP contribution in [0.5, 0.6) is 0 Å². The molecule has 0 bridgehead atoms. The average molecular weight is 222 g/mol. The molecule has 92 valence electrons. The standard InChI is InChI=1S/C14H26N2/c1-3-14(8-10-15)16-11-9-13-6-4-12(2)5-7-13/h12-14,16H,3-9,11H2,1-2H3. The van der Waals surface area contributed by atoms with Crippen LogP contribution < -0.4 is 5.32 Å². The molecule has 0 aromatic rings. The van der Waals surface area contributed by atoms with Crippen LogP contribution in [0.3, 0.4) is 0 Å². The molecule has 0 spiro atoms. The zero-order chi connectivity index (χ0) is 11.8. The van der Waals surface area contributed by atoms with Crippen LogP contribution in [0.25, 0.3) is 0 Å². The van der Waals surface area contributed by atoms with Crippen LogP contribution in [-0.4, -0.2) is 12.6 Å². The molecule has 1 aliphatic rings. The van der Waals surface area contributed by atoms with Gasteiger partial charge in [0.05, 0.1) is 12.5 Å². The Kier molecular flexibility index (Phi) is 6.49. The minimum absolute atomic E-state index is 0.410. The fraction of sp³-hybridized carbons (Fsp3) is 0.929. The van der Waals surface area contributed by atoms with E-state index in [1.165, 1.54) is 32.1 Å². The smallest absolute Gasteiger partial charge is 0.0638 e. The molecule has 0 saturated heterocycles. The Morgan fingerprint density at radius 2 is 2.00 bits per heavy atom. The molecule has 0 aromatic carbocycles. The molecular weight excluding hydrogens is 196 g/mol. The second-order valence-corrected chi connectivity index (χ2v) is 5.34. The third-order valence-corrected chi connectivity index (χ3v) is 3.95. The summed E-state index contributed by atoms with van der Waals surface area (Å²) in [5, 5.41) is 12.2. The van der Waals surface area contributed by atoms with Crippen molar-refractivity contribution in [3.8, 4) is 6.07 Å². The van der Waals surface area contributed by atoms with Gasteiger partial charge in [-0.2, -0.15) is 5.26 Å². The number of nitrogens with zero attached hydrogens (tertiary/aromatic N) is 1. The van der Waals surface area contributed by atoms with Crippen molar-refractivity contribution in [3.63, 3.8) is 0 Å². The van der Waals surface area contributed by atoms with Gasteiger partial charge in [0.2, 0.25) is 0 Å². The highest BCUT2D eigenvalue weighted by Crippen LogP contribution is 2.29. The molecule has 2 nitrogen and oxygen atoms in total. The van der Waals surface area contributed by atoms with Crippen molar-refractivity contribution >= 4 is 0 Å². The maximum atomic E-state index is 8.65. The van der Waals surface area contributed by atoms with Crippen LogP contribution in [0.15, 0.2) is 0 Å². The third-order valence-electron chi connectivity index (χ3n) is 3.95. The fourth-order valence-corrected chi connectivity index (χ4v) is 2.58. The molecule has 1 unspecified atom stereocenters. The SMILES string of the molecule is CCC(CC#N)NCCC1CCC(C)CC1. The van der Waals surface area contributed by atoms with Crippen molar-refractivity contribution in [2.24, 2.45) is 11.8 Å². The first-order valence-electron chi connectivity index (χ1n) is 6.86. The quantitative estimate of drug-likeness (QED) is 0.747. The summed E-state index contributed by atoms with van der Waals surface area (Å²) in [6.45, 7) is 5.62. The van der Waals surface area contributed by atoms with Gasteiger partial charge in [0, 0.05) is 6.04 Å². The molecule has 16 heavy (non-hydrogen) atoms. The van der Waals surface area contributed by atoms with Crippen LogP contribution in [0.2, 0.25) is 0 Å². The molecule has 1 fully saturated rings. The predicted octanol–water partition coefficient (Wildman–Crippen LogP) is 3.48. The predicted molar refractivity (Wildman–Crippen MR) is 68.1 cm³/mol. The van der Waals surface area contributed by atoms with Crippen molar-refractivity contribution in [2.45, 2.75) is 64.8 Å². The largest absolute Gasteiger partial charge is 0.313 e. The second-order valence-electron chi connectivity index (χ2n) is 5.34. The normalized spacial score (nSPS) is 27.3. The number of rotatable bonds is 6. The molecule has 2 heteroatoms. The molecule has 1 rings (SSSR count). The summed E-state index contributed by atoms with van der Waals surface area (Å²) in [5.41, 5.74) is 0. The lowest BCUT2D eigenvalue weighted by Gasteiger charge is -2.26. The summed E-state index contributed by atoms with van der Waals surface area (Å²) in [6.07, 6.45) is 8.68. The fourth-order valence-electron chi connectivity index (χ4n) is 2.58. The number of nitrogens with one attached hydrogen (secondary N) is 1. The van der Waals surface area contributed by atoms with Gasteiger partial charge in [0.1, 0.15) is 0 Å². The third kappa shape index (κ3) is 4.99. The van der Waals surface area contributed by atoms with E-state index in [9.17, 15) is 0 Å². The monoisotopic (exact) mass is 222 g/mol. The van der Waals surface area contributed by atoms with Gasteiger partial charge in [0.25, 0.3) is 0 Å². The lowest BCUT2D eigenvalue weighted by molar-refractivity contribution is 0.272. The minimum atomic E-state index is 0.410. The van der Waals surface area contributed by atoms with Crippen LogP contribution >= 0.6 is 0 Å². The highest BCUT2D eigenvalue weighted by Gasteiger charge is 2.17. The zero-order valence-electron chi connectivity index (χ0n) is 10.8. The maximum Gasteiger partial charge on any atom is 0.0638 e. The Balaban J connectivity index is 2.08. The van der Waals surface area contributed by atoms with Gasteiger partial charge in [0.15, 0.2) is 0 Å². The maximum absolute atomic E-state index is 8.65. The van der Waals surface area contributed by atoms with Crippen molar-refractivity contribution in [1.82, 2.24) is 5.32 Å². The van der Waals surface area contributed by atoms with E-state index in [1.807, 2.05) is 0 Å². The van der Waals surface area contributed by atoms with E-state index in [4.69, 9.17) is 5.26 Å². The van der Waals surface area contributed by atoms with E-state index in [-0.39, 0.29) is 0 Å². The van der Waals surface area contributed by atoms with Gasteiger partial charge < -0.3 is 5.32 Å². The summed E-state index contributed by atoms with van der Waals surface area (Å²) in [5.74, 6) is 1.88. The molecule has 1 N–H and O–H groups in total. The second kappa shape index (κ2) is 7.68. The Morgan fingerprint density at radius 1 is 1.31 bits per heavy atom. The Morgan fingerprint density at radius 3 is 2.56 bits per heavy atom. The van der Waals surface area contributed by atoms with E-state index in [1.54, 1.807) is 0 Å². The van der Waals surface area contributed by atoms with Gasteiger partial charge >= 0.3 is 0 Å². The van der Waals surface area contributed by atoms with Crippen molar-refractivity contribution < 1.29 is 0 Å². The highest BCUT2D eigenvalue weighted by molar-refractivity contribution is 4.80. The molecule has 1 atom stereocenters.